The number of hydrogen-bond donors (Lipinski definition) is 0. The highest BCUT2D eigenvalue weighted by Crippen LogP contribution is 2.29. The van der Waals surface area contributed by atoms with Gasteiger partial charge in [0.05, 0.1) is 27.2 Å². The van der Waals surface area contributed by atoms with Gasteiger partial charge in [-0.15, -0.1) is 0 Å². The molecule has 0 aliphatic rings. The van der Waals surface area contributed by atoms with Gasteiger partial charge in [0.25, 0.3) is 10.0 Å². The molecule has 3 rings (SSSR count). The molecule has 3 nitrogen and oxygen atoms in total. The molecule has 0 amide bonds. The normalized spacial score (nSPS) is 11.4. The number of rotatable bonds is 5. The lowest BCUT2D eigenvalue weighted by molar-refractivity contribution is 0.590. The van der Waals surface area contributed by atoms with E-state index in [1.807, 2.05) is 26.0 Å². The minimum absolute atomic E-state index is 0.149. The molecule has 27 heavy (non-hydrogen) atoms. The van der Waals surface area contributed by atoms with E-state index in [-0.39, 0.29) is 11.4 Å². The highest BCUT2D eigenvalue weighted by molar-refractivity contribution is 7.92. The van der Waals surface area contributed by atoms with E-state index in [0.717, 1.165) is 16.7 Å². The predicted octanol–water partition coefficient (Wildman–Crippen LogP) is 6.01. The van der Waals surface area contributed by atoms with Gasteiger partial charge >= 0.3 is 0 Å². The van der Waals surface area contributed by atoms with Crippen molar-refractivity contribution in [2.24, 2.45) is 0 Å². The summed E-state index contributed by atoms with van der Waals surface area (Å²) in [6.45, 7) is 4.03. The summed E-state index contributed by atoms with van der Waals surface area (Å²) in [6, 6.07) is 19.4. The van der Waals surface area contributed by atoms with E-state index in [2.05, 4.69) is 0 Å². The van der Waals surface area contributed by atoms with Gasteiger partial charge < -0.3 is 0 Å². The Labute approximate surface area is 170 Å². The van der Waals surface area contributed by atoms with Crippen molar-refractivity contribution >= 4 is 38.9 Å². The second kappa shape index (κ2) is 7.93. The summed E-state index contributed by atoms with van der Waals surface area (Å²) < 4.78 is 28.1. The molecule has 0 heterocycles. The van der Waals surface area contributed by atoms with Gasteiger partial charge in [-0.1, -0.05) is 64.7 Å². The lowest BCUT2D eigenvalue weighted by Crippen LogP contribution is -2.30. The van der Waals surface area contributed by atoms with Crippen molar-refractivity contribution in [1.29, 1.82) is 0 Å². The fraction of sp³-hybridized carbons (Fsp3) is 0.143. The largest absolute Gasteiger partial charge is 0.264 e. The summed E-state index contributed by atoms with van der Waals surface area (Å²) in [5.74, 6) is 0. The van der Waals surface area contributed by atoms with Crippen LogP contribution in [0.15, 0.2) is 71.6 Å². The van der Waals surface area contributed by atoms with Gasteiger partial charge in [0.1, 0.15) is 0 Å². The van der Waals surface area contributed by atoms with Crippen LogP contribution in [-0.4, -0.2) is 8.42 Å². The van der Waals surface area contributed by atoms with Crippen LogP contribution in [0.4, 0.5) is 5.69 Å². The van der Waals surface area contributed by atoms with Gasteiger partial charge in [-0.05, 0) is 55.8 Å². The molecule has 0 spiro atoms. The highest BCUT2D eigenvalue weighted by Gasteiger charge is 2.25. The summed E-state index contributed by atoms with van der Waals surface area (Å²) in [6.07, 6.45) is 0. The average molecular weight is 420 g/mol. The second-order valence-electron chi connectivity index (χ2n) is 6.41. The minimum atomic E-state index is -3.75. The number of aryl methyl sites for hydroxylation is 2. The second-order valence-corrected chi connectivity index (χ2v) is 9.09. The molecule has 3 aromatic carbocycles. The first-order valence-electron chi connectivity index (χ1n) is 8.37. The molecular weight excluding hydrogens is 401 g/mol. The third kappa shape index (κ3) is 4.46. The molecule has 0 aliphatic heterocycles. The van der Waals surface area contributed by atoms with Gasteiger partial charge in [0.2, 0.25) is 0 Å². The molecule has 0 unspecified atom stereocenters. The van der Waals surface area contributed by atoms with Crippen molar-refractivity contribution < 1.29 is 8.42 Å². The molecule has 0 saturated carbocycles. The Morgan fingerprint density at radius 2 is 1.33 bits per heavy atom. The zero-order valence-electron chi connectivity index (χ0n) is 15.0. The number of benzene rings is 3. The number of nitrogens with zero attached hydrogens (tertiary/aromatic N) is 1. The first kappa shape index (κ1) is 19.7. The minimum Gasteiger partial charge on any atom is -0.262 e. The zero-order valence-corrected chi connectivity index (χ0v) is 17.3. The zero-order chi connectivity index (χ0) is 19.6. The SMILES string of the molecule is Cc1ccc(N(Cc2ccc(Cl)c(Cl)c2)S(=O)(=O)c2ccc(C)cc2)cc1. The number of hydrogen-bond acceptors (Lipinski definition) is 2. The molecule has 6 heteroatoms. The molecule has 0 aromatic heterocycles. The van der Waals surface area contributed by atoms with Crippen molar-refractivity contribution in [3.8, 4) is 0 Å². The van der Waals surface area contributed by atoms with Gasteiger partial charge in [0.15, 0.2) is 0 Å². The molecule has 0 radical (unpaired) electrons. The van der Waals surface area contributed by atoms with Crippen molar-refractivity contribution in [3.63, 3.8) is 0 Å². The Hall–Kier alpha value is -2.01. The van der Waals surface area contributed by atoms with Crippen LogP contribution in [0.25, 0.3) is 0 Å². The van der Waals surface area contributed by atoms with Gasteiger partial charge in [-0.25, -0.2) is 8.42 Å². The molecular formula is C21H19Cl2NO2S. The van der Waals surface area contributed by atoms with E-state index in [9.17, 15) is 8.42 Å². The fourth-order valence-electron chi connectivity index (χ4n) is 2.67. The monoisotopic (exact) mass is 419 g/mol. The maximum Gasteiger partial charge on any atom is 0.264 e. The summed E-state index contributed by atoms with van der Waals surface area (Å²) >= 11 is 12.1. The first-order chi connectivity index (χ1) is 12.8. The highest BCUT2D eigenvalue weighted by atomic mass is 35.5. The van der Waals surface area contributed by atoms with Crippen LogP contribution in [0.2, 0.25) is 10.0 Å². The van der Waals surface area contributed by atoms with E-state index >= 15 is 0 Å². The van der Waals surface area contributed by atoms with E-state index in [1.165, 1.54) is 4.31 Å². The average Bonchev–Trinajstić information content (AvgIpc) is 2.64. The van der Waals surface area contributed by atoms with Crippen LogP contribution in [0.5, 0.6) is 0 Å². The van der Waals surface area contributed by atoms with Crippen LogP contribution in [0.1, 0.15) is 16.7 Å². The van der Waals surface area contributed by atoms with Crippen LogP contribution >= 0.6 is 23.2 Å². The molecule has 0 N–H and O–H groups in total. The Bertz CT molecular complexity index is 1050. The summed E-state index contributed by atoms with van der Waals surface area (Å²) in [4.78, 5) is 0.244. The van der Waals surface area contributed by atoms with Crippen LogP contribution in [-0.2, 0) is 16.6 Å². The number of sulfonamides is 1. The van der Waals surface area contributed by atoms with Crippen LogP contribution in [0, 0.1) is 13.8 Å². The summed E-state index contributed by atoms with van der Waals surface area (Å²) in [7, 11) is -3.75. The molecule has 3 aromatic rings. The van der Waals surface area contributed by atoms with Crippen molar-refractivity contribution in [1.82, 2.24) is 0 Å². The molecule has 0 aliphatic carbocycles. The first-order valence-corrected chi connectivity index (χ1v) is 10.6. The lowest BCUT2D eigenvalue weighted by atomic mass is 10.2. The van der Waals surface area contributed by atoms with Crippen molar-refractivity contribution in [3.05, 3.63) is 93.5 Å². The third-order valence-corrected chi connectivity index (χ3v) is 6.77. The molecule has 140 valence electrons. The summed E-state index contributed by atoms with van der Waals surface area (Å²) in [5, 5.41) is 0.828. The van der Waals surface area contributed by atoms with E-state index in [1.54, 1.807) is 54.6 Å². The van der Waals surface area contributed by atoms with Crippen molar-refractivity contribution in [2.45, 2.75) is 25.3 Å². The Morgan fingerprint density at radius 1 is 0.778 bits per heavy atom. The molecule has 0 bridgehead atoms. The molecule has 0 fully saturated rings. The fourth-order valence-corrected chi connectivity index (χ4v) is 4.44. The Kier molecular flexibility index (Phi) is 5.80. The van der Waals surface area contributed by atoms with Crippen LogP contribution in [0.3, 0.4) is 0 Å². The van der Waals surface area contributed by atoms with E-state index in [4.69, 9.17) is 23.2 Å². The van der Waals surface area contributed by atoms with Gasteiger partial charge in [-0.2, -0.15) is 0 Å². The van der Waals surface area contributed by atoms with E-state index < -0.39 is 10.0 Å². The quantitative estimate of drug-likeness (QED) is 0.507. The van der Waals surface area contributed by atoms with E-state index in [0.29, 0.717) is 15.7 Å². The van der Waals surface area contributed by atoms with Crippen LogP contribution < -0.4 is 4.31 Å². The van der Waals surface area contributed by atoms with Crippen molar-refractivity contribution in [2.75, 3.05) is 4.31 Å². The van der Waals surface area contributed by atoms with Gasteiger partial charge in [0, 0.05) is 0 Å². The Morgan fingerprint density at radius 3 is 1.89 bits per heavy atom. The molecule has 0 saturated heterocycles. The van der Waals surface area contributed by atoms with Gasteiger partial charge in [-0.3, -0.25) is 4.31 Å². The lowest BCUT2D eigenvalue weighted by Gasteiger charge is -2.25. The Balaban J connectivity index is 2.07. The third-order valence-electron chi connectivity index (χ3n) is 4.24. The topological polar surface area (TPSA) is 37.4 Å². The number of halogens is 2. The summed E-state index contributed by atoms with van der Waals surface area (Å²) in [5.41, 5.74) is 3.40. The molecule has 0 atom stereocenters. The maximum atomic E-state index is 13.4. The number of anilines is 1. The smallest absolute Gasteiger partial charge is 0.262 e. The predicted molar refractivity (Wildman–Crippen MR) is 112 cm³/mol. The maximum absolute atomic E-state index is 13.4. The standard InChI is InChI=1S/C21H19Cl2NO2S/c1-15-3-8-18(9-4-15)24(14-17-7-12-20(22)21(23)13-17)27(25,26)19-10-5-16(2)6-11-19/h3-13H,14H2,1-2H3.